The van der Waals surface area contributed by atoms with Crippen molar-refractivity contribution in [1.29, 1.82) is 0 Å². The molecule has 0 aliphatic heterocycles. The Hall–Kier alpha value is 1.32. The quantitative estimate of drug-likeness (QED) is 0.256. The number of benzene rings is 1. The summed E-state index contributed by atoms with van der Waals surface area (Å²) < 4.78 is 12.0. The van der Waals surface area contributed by atoms with Crippen molar-refractivity contribution >= 4 is 42.4 Å². The van der Waals surface area contributed by atoms with Gasteiger partial charge < -0.3 is 31.4 Å². The minimum atomic E-state index is -1.27. The summed E-state index contributed by atoms with van der Waals surface area (Å²) in [5.74, 6) is 0. The van der Waals surface area contributed by atoms with Crippen LogP contribution >= 0.6 is 32.7 Å². The summed E-state index contributed by atoms with van der Waals surface area (Å²) in [6.45, 7) is 14.8. The Morgan fingerprint density at radius 2 is 1.35 bits per heavy atom. The summed E-state index contributed by atoms with van der Waals surface area (Å²) in [7, 11) is -0.212. The van der Waals surface area contributed by atoms with E-state index in [1.807, 2.05) is 18.2 Å². The van der Waals surface area contributed by atoms with Crippen molar-refractivity contribution in [1.82, 2.24) is 0 Å². The van der Waals surface area contributed by atoms with Crippen molar-refractivity contribution in [2.75, 3.05) is 13.3 Å². The van der Waals surface area contributed by atoms with Gasteiger partial charge in [-0.3, -0.25) is 0 Å². The third-order valence-electron chi connectivity index (χ3n) is 1.75. The Morgan fingerprint density at radius 3 is 1.48 bits per heavy atom. The molecule has 0 radical (unpaired) electrons. The topological polar surface area (TPSA) is 17.1 Å². The van der Waals surface area contributed by atoms with E-state index in [1.54, 1.807) is 0 Å². The molecule has 0 saturated carbocycles. The average molecular weight is 670 g/mol. The molecule has 1 nitrogen and oxygen atoms in total. The van der Waals surface area contributed by atoms with Gasteiger partial charge in [0, 0.05) is 7.92 Å². The van der Waals surface area contributed by atoms with Crippen molar-refractivity contribution in [3.05, 3.63) is 37.8 Å². The van der Waals surface area contributed by atoms with Crippen LogP contribution in [0.15, 0.2) is 30.3 Å². The molecule has 0 unspecified atom stereocenters. The van der Waals surface area contributed by atoms with Crippen LogP contribution in [0.25, 0.3) is 0 Å². The molecule has 0 bridgehead atoms. The molecular weight excluding hydrogens is 633 g/mol. The molecule has 23 heavy (non-hydrogen) atoms. The van der Waals surface area contributed by atoms with Crippen molar-refractivity contribution in [3.8, 4) is 0 Å². The van der Waals surface area contributed by atoms with Crippen LogP contribution in [0.1, 0.15) is 42.0 Å². The van der Waals surface area contributed by atoms with Gasteiger partial charge in [0.1, 0.15) is 0 Å². The van der Waals surface area contributed by atoms with E-state index in [4.69, 9.17) is 0 Å². The van der Waals surface area contributed by atoms with Gasteiger partial charge in [-0.2, -0.15) is 0 Å². The minimum Gasteiger partial charge on any atom is -1.00 e. The molecule has 144 valence electrons. The van der Waals surface area contributed by atoms with Gasteiger partial charge in [0.2, 0.25) is 0 Å². The first-order valence-corrected chi connectivity index (χ1v) is 11.7. The van der Waals surface area contributed by atoms with Gasteiger partial charge in [-0.25, -0.2) is 0 Å². The van der Waals surface area contributed by atoms with Crippen LogP contribution in [-0.2, 0) is 21.5 Å². The largest absolute Gasteiger partial charge is 1.00 e. The van der Waals surface area contributed by atoms with Crippen molar-refractivity contribution in [3.63, 3.8) is 0 Å². The van der Waals surface area contributed by atoms with E-state index in [0.29, 0.717) is 0 Å². The molecule has 0 amide bonds. The smallest absolute Gasteiger partial charge is 0.0908 e. The standard InChI is InChI=1S/C8H11P.C5H10.C2H6.CH4.CH3.2ClH.HI.O.W/c1-9(2)8-6-4-3-5-7-8;1-5(2,3)4;1-2;;;;;;;/h3-7H,1-2H3;1H,2-4H3;1-2H3;1H4;1H3;3*1H;;/q;;;;-1;;;;;. The maximum atomic E-state index is 10.1. The molecule has 0 fully saturated rings. The second-order valence-corrected chi connectivity index (χ2v) is 9.06. The second kappa shape index (κ2) is 28.1. The number of rotatable bonds is 1. The molecule has 6 heteroatoms. The van der Waals surface area contributed by atoms with Gasteiger partial charge in [0.15, 0.2) is 0 Å². The van der Waals surface area contributed by atoms with E-state index in [1.165, 1.54) is 5.30 Å². The molecule has 1 aromatic carbocycles. The zero-order valence-electron chi connectivity index (χ0n) is 15.0. The first kappa shape index (κ1) is 44.1. The maximum absolute atomic E-state index is 10.1. The number of hydrogen-bond acceptors (Lipinski definition) is 1. The zero-order valence-corrected chi connectivity index (χ0v) is 22.7. The number of halogens is 3. The van der Waals surface area contributed by atoms with Gasteiger partial charge in [-0.1, -0.05) is 39.5 Å². The zero-order chi connectivity index (χ0) is 14.6. The molecule has 0 heterocycles. The maximum Gasteiger partial charge on any atom is 0.0908 e. The normalized spacial score (nSPS) is 7.48. The summed E-state index contributed by atoms with van der Waals surface area (Å²) >= 11 is -1.27. The average Bonchev–Trinajstić information content (AvgIpc) is 2.32. The Balaban J connectivity index is -0.0000000341. The third kappa shape index (κ3) is 35.3. The van der Waals surface area contributed by atoms with Crippen molar-refractivity contribution in [2.45, 2.75) is 42.0 Å². The van der Waals surface area contributed by atoms with Gasteiger partial charge in [-0.15, -0.1) is 24.8 Å². The second-order valence-electron chi connectivity index (χ2n) is 4.95. The predicted octanol–water partition coefficient (Wildman–Crippen LogP) is 3.01. The molecule has 1 rings (SSSR count). The van der Waals surface area contributed by atoms with Gasteiger partial charge in [0.25, 0.3) is 0 Å². The fourth-order valence-corrected chi connectivity index (χ4v) is 2.81. The summed E-state index contributed by atoms with van der Waals surface area (Å²) in [6, 6.07) is 10.7. The van der Waals surface area contributed by atoms with Crippen LogP contribution in [0.2, 0.25) is 0 Å². The third-order valence-corrected chi connectivity index (χ3v) is 6.13. The molecular formula is C17H37Cl2IOPW-. The fraction of sp³-hybridized carbons (Fsp3) is 0.529. The van der Waals surface area contributed by atoms with Crippen LogP contribution in [0.5, 0.6) is 0 Å². The molecule has 0 spiro atoms. The van der Waals surface area contributed by atoms with Crippen molar-refractivity contribution < 1.29 is 45.4 Å². The van der Waals surface area contributed by atoms with Crippen LogP contribution in [0.4, 0.5) is 0 Å². The van der Waals surface area contributed by atoms with E-state index < -0.39 is 18.1 Å². The molecule has 0 aliphatic rings. The molecule has 0 aromatic heterocycles. The van der Waals surface area contributed by atoms with E-state index in [0.717, 1.165) is 0 Å². The fourth-order valence-electron chi connectivity index (χ4n) is 0.916. The monoisotopic (exact) mass is 669 g/mol. The van der Waals surface area contributed by atoms with Crippen LogP contribution in [-0.4, -0.2) is 17.7 Å². The van der Waals surface area contributed by atoms with E-state index >= 15 is 0 Å². The first-order valence-electron chi connectivity index (χ1n) is 6.35. The predicted molar refractivity (Wildman–Crippen MR) is 111 cm³/mol. The molecule has 0 aliphatic carbocycles. The van der Waals surface area contributed by atoms with E-state index in [9.17, 15) is 3.40 Å². The molecule has 1 aromatic rings. The van der Waals surface area contributed by atoms with Crippen LogP contribution < -0.4 is 29.3 Å². The number of hydrogen-bond donors (Lipinski definition) is 0. The Bertz CT molecular complexity index is 351. The van der Waals surface area contributed by atoms with Gasteiger partial charge >= 0.3 is 52.0 Å². The Morgan fingerprint density at radius 1 is 1.00 bits per heavy atom. The first-order chi connectivity index (χ1) is 8.37. The van der Waals surface area contributed by atoms with Gasteiger partial charge in [-0.05, 0) is 12.1 Å². The van der Waals surface area contributed by atoms with Crippen LogP contribution in [0.3, 0.4) is 0 Å². The van der Waals surface area contributed by atoms with Gasteiger partial charge in [0.05, 0.1) is 18.6 Å². The summed E-state index contributed by atoms with van der Waals surface area (Å²) in [6.07, 6.45) is 0. The van der Waals surface area contributed by atoms with Crippen LogP contribution in [0, 0.1) is 12.8 Å². The van der Waals surface area contributed by atoms with E-state index in [-0.39, 0.29) is 77.0 Å². The Kier molecular flexibility index (Phi) is 53.9. The summed E-state index contributed by atoms with van der Waals surface area (Å²) in [4.78, 5) is 0. The molecule has 0 N–H and O–H groups in total. The SMILES string of the molecule is C.CC.CC(C)(C)[CH]=[W]=[O].C[PH+](C)c1ccccc1.Cl.Cl.[CH3-].[I-]. The summed E-state index contributed by atoms with van der Waals surface area (Å²) in [5, 5.41) is 1.52. The molecule has 0 atom stereocenters. The molecule has 0 saturated heterocycles. The van der Waals surface area contributed by atoms with E-state index in [2.05, 4.69) is 64.4 Å². The van der Waals surface area contributed by atoms with Crippen molar-refractivity contribution in [2.24, 2.45) is 5.41 Å². The Labute approximate surface area is 185 Å². The minimum absolute atomic E-state index is 0. The summed E-state index contributed by atoms with van der Waals surface area (Å²) in [5.41, 5.74) is 0.187.